The Morgan fingerprint density at radius 3 is 2.67 bits per heavy atom. The van der Waals surface area contributed by atoms with Crippen molar-refractivity contribution in [2.24, 2.45) is 0 Å². The lowest BCUT2D eigenvalue weighted by Gasteiger charge is -2.06. The van der Waals surface area contributed by atoms with Gasteiger partial charge in [0, 0.05) is 22.4 Å². The second-order valence-corrected chi connectivity index (χ2v) is 6.75. The summed E-state index contributed by atoms with van der Waals surface area (Å²) in [5.41, 5.74) is 2.60. The van der Waals surface area contributed by atoms with E-state index in [4.69, 9.17) is 0 Å². The highest BCUT2D eigenvalue weighted by Crippen LogP contribution is 2.24. The Kier molecular flexibility index (Phi) is 5.54. The Labute approximate surface area is 133 Å². The van der Waals surface area contributed by atoms with Crippen molar-refractivity contribution in [1.29, 1.82) is 5.26 Å². The van der Waals surface area contributed by atoms with E-state index >= 15 is 0 Å². The molecule has 0 N–H and O–H groups in total. The highest BCUT2D eigenvalue weighted by Gasteiger charge is 2.24. The van der Waals surface area contributed by atoms with Gasteiger partial charge in [-0.3, -0.25) is 4.79 Å². The molecule has 108 valence electrons. The van der Waals surface area contributed by atoms with Crippen LogP contribution >= 0.6 is 23.1 Å². The largest absolute Gasteiger partial charge is 0.292 e. The molecule has 2 aromatic rings. The molecule has 1 unspecified atom stereocenters. The van der Waals surface area contributed by atoms with Crippen LogP contribution in [0.15, 0.2) is 29.6 Å². The van der Waals surface area contributed by atoms with Gasteiger partial charge in [-0.1, -0.05) is 31.2 Å². The predicted molar refractivity (Wildman–Crippen MR) is 87.8 cm³/mol. The van der Waals surface area contributed by atoms with E-state index in [1.165, 1.54) is 16.9 Å². The van der Waals surface area contributed by atoms with Crippen LogP contribution in [0.3, 0.4) is 0 Å². The van der Waals surface area contributed by atoms with Gasteiger partial charge in [-0.15, -0.1) is 11.3 Å². The summed E-state index contributed by atoms with van der Waals surface area (Å²) in [5.74, 6) is 1.03. The van der Waals surface area contributed by atoms with Crippen molar-refractivity contribution >= 4 is 28.9 Å². The number of thiazole rings is 1. The molecule has 1 heterocycles. The summed E-state index contributed by atoms with van der Waals surface area (Å²) >= 11 is 3.20. The van der Waals surface area contributed by atoms with E-state index in [2.05, 4.69) is 18.0 Å². The fourth-order valence-electron chi connectivity index (χ4n) is 1.88. The molecule has 0 aliphatic carbocycles. The summed E-state index contributed by atoms with van der Waals surface area (Å²) in [4.78, 5) is 16.7. The van der Waals surface area contributed by atoms with Crippen LogP contribution in [0.2, 0.25) is 0 Å². The van der Waals surface area contributed by atoms with Gasteiger partial charge in [-0.25, -0.2) is 4.98 Å². The van der Waals surface area contributed by atoms with Crippen LogP contribution in [0.25, 0.3) is 0 Å². The third kappa shape index (κ3) is 3.93. The van der Waals surface area contributed by atoms with Gasteiger partial charge in [0.25, 0.3) is 0 Å². The lowest BCUT2D eigenvalue weighted by atomic mass is 9.98. The maximum absolute atomic E-state index is 12.4. The monoisotopic (exact) mass is 316 g/mol. The van der Waals surface area contributed by atoms with Gasteiger partial charge in [0.1, 0.15) is 5.01 Å². The smallest absolute Gasteiger partial charge is 0.186 e. The topological polar surface area (TPSA) is 53.8 Å². The van der Waals surface area contributed by atoms with Crippen LogP contribution in [0.1, 0.15) is 39.5 Å². The normalized spacial score (nSPS) is 11.9. The number of carbonyl (C=O) groups excluding carboxylic acids is 1. The molecule has 2 rings (SSSR count). The van der Waals surface area contributed by atoms with Crippen LogP contribution in [0.5, 0.6) is 0 Å². The summed E-state index contributed by atoms with van der Waals surface area (Å²) in [6, 6.07) is 9.59. The fraction of sp³-hybridized carbons (Fsp3) is 0.312. The first kappa shape index (κ1) is 15.7. The standard InChI is InChI=1S/C16H16N2OS2/c1-3-20-10-12-4-6-13(7-5-12)15(19)14(8-17)16-18-11(2)9-21-16/h4-7,9,14H,3,10H2,1-2H3. The zero-order valence-corrected chi connectivity index (χ0v) is 13.6. The zero-order chi connectivity index (χ0) is 15.2. The molecule has 0 spiro atoms. The molecule has 0 aliphatic rings. The number of aromatic nitrogens is 1. The van der Waals surface area contributed by atoms with Crippen LogP contribution in [-0.4, -0.2) is 16.5 Å². The van der Waals surface area contributed by atoms with E-state index in [1.807, 2.05) is 36.2 Å². The Balaban J connectivity index is 2.16. The molecule has 0 radical (unpaired) electrons. The number of ketones is 1. The molecule has 0 amide bonds. The number of hydrogen-bond donors (Lipinski definition) is 0. The molecular formula is C16H16N2OS2. The summed E-state index contributed by atoms with van der Waals surface area (Å²) in [5, 5.41) is 11.7. The Morgan fingerprint density at radius 2 is 2.14 bits per heavy atom. The molecule has 0 bridgehead atoms. The van der Waals surface area contributed by atoms with E-state index in [9.17, 15) is 10.1 Å². The molecule has 0 aliphatic heterocycles. The van der Waals surface area contributed by atoms with Crippen molar-refractivity contribution in [3.8, 4) is 6.07 Å². The van der Waals surface area contributed by atoms with Crippen molar-refractivity contribution < 1.29 is 4.79 Å². The quantitative estimate of drug-likeness (QED) is 0.750. The van der Waals surface area contributed by atoms with Gasteiger partial charge in [0.05, 0.1) is 6.07 Å². The average Bonchev–Trinajstić information content (AvgIpc) is 2.92. The number of hydrogen-bond acceptors (Lipinski definition) is 5. The predicted octanol–water partition coefficient (Wildman–Crippen LogP) is 4.19. The van der Waals surface area contributed by atoms with Gasteiger partial charge >= 0.3 is 0 Å². The maximum Gasteiger partial charge on any atom is 0.186 e. The molecule has 0 saturated carbocycles. The number of thioether (sulfide) groups is 1. The van der Waals surface area contributed by atoms with Gasteiger partial charge in [0.15, 0.2) is 11.7 Å². The van der Waals surface area contributed by atoms with Crippen molar-refractivity contribution in [3.63, 3.8) is 0 Å². The minimum absolute atomic E-state index is 0.179. The molecule has 1 atom stereocenters. The number of rotatable bonds is 6. The number of Topliss-reactive ketones (excluding diaryl/α,β-unsaturated/α-hetero) is 1. The van der Waals surface area contributed by atoms with Crippen molar-refractivity contribution in [2.45, 2.75) is 25.5 Å². The molecule has 3 nitrogen and oxygen atoms in total. The second kappa shape index (κ2) is 7.39. The van der Waals surface area contributed by atoms with Gasteiger partial charge in [0.2, 0.25) is 0 Å². The molecule has 0 fully saturated rings. The molecule has 0 saturated heterocycles. The molecule has 1 aromatic carbocycles. The lowest BCUT2D eigenvalue weighted by Crippen LogP contribution is -2.11. The van der Waals surface area contributed by atoms with Gasteiger partial charge < -0.3 is 0 Å². The Morgan fingerprint density at radius 1 is 1.43 bits per heavy atom. The number of nitrogens with zero attached hydrogens (tertiary/aromatic N) is 2. The van der Waals surface area contributed by atoms with Crippen LogP contribution in [0.4, 0.5) is 0 Å². The summed E-state index contributed by atoms with van der Waals surface area (Å²) < 4.78 is 0. The average molecular weight is 316 g/mol. The van der Waals surface area contributed by atoms with Crippen LogP contribution < -0.4 is 0 Å². The van der Waals surface area contributed by atoms with E-state index < -0.39 is 5.92 Å². The van der Waals surface area contributed by atoms with Gasteiger partial charge in [-0.05, 0) is 18.2 Å². The Bertz CT molecular complexity index is 656. The molecular weight excluding hydrogens is 300 g/mol. The van der Waals surface area contributed by atoms with Crippen molar-refractivity contribution in [2.75, 3.05) is 5.75 Å². The molecule has 5 heteroatoms. The SMILES string of the molecule is CCSCc1ccc(C(=O)C(C#N)c2nc(C)cs2)cc1. The summed E-state index contributed by atoms with van der Waals surface area (Å²) in [7, 11) is 0. The minimum Gasteiger partial charge on any atom is -0.292 e. The first-order valence-corrected chi connectivity index (χ1v) is 8.71. The highest BCUT2D eigenvalue weighted by molar-refractivity contribution is 7.98. The molecule has 1 aromatic heterocycles. The maximum atomic E-state index is 12.4. The first-order valence-electron chi connectivity index (χ1n) is 6.68. The second-order valence-electron chi connectivity index (χ2n) is 4.59. The number of aryl methyl sites for hydroxylation is 1. The van der Waals surface area contributed by atoms with Crippen molar-refractivity contribution in [1.82, 2.24) is 4.98 Å². The highest BCUT2D eigenvalue weighted by atomic mass is 32.2. The Hall–Kier alpha value is -1.64. The van der Waals surface area contributed by atoms with Crippen LogP contribution in [-0.2, 0) is 5.75 Å². The van der Waals surface area contributed by atoms with Crippen LogP contribution in [0, 0.1) is 18.3 Å². The lowest BCUT2D eigenvalue weighted by molar-refractivity contribution is 0.0979. The number of benzene rings is 1. The minimum atomic E-state index is -0.806. The summed E-state index contributed by atoms with van der Waals surface area (Å²) in [6.07, 6.45) is 0. The number of nitriles is 1. The van der Waals surface area contributed by atoms with Crippen molar-refractivity contribution in [3.05, 3.63) is 51.5 Å². The van der Waals surface area contributed by atoms with E-state index in [0.29, 0.717) is 10.6 Å². The third-order valence-corrected chi connectivity index (χ3v) is 4.96. The zero-order valence-electron chi connectivity index (χ0n) is 12.0. The molecule has 21 heavy (non-hydrogen) atoms. The summed E-state index contributed by atoms with van der Waals surface area (Å²) in [6.45, 7) is 3.98. The number of carbonyl (C=O) groups is 1. The van der Waals surface area contributed by atoms with E-state index in [0.717, 1.165) is 17.2 Å². The fourth-order valence-corrected chi connectivity index (χ4v) is 3.35. The first-order chi connectivity index (χ1) is 10.2. The third-order valence-electron chi connectivity index (χ3n) is 2.99. The van der Waals surface area contributed by atoms with Gasteiger partial charge in [-0.2, -0.15) is 17.0 Å². The van der Waals surface area contributed by atoms with E-state index in [-0.39, 0.29) is 5.78 Å². The van der Waals surface area contributed by atoms with E-state index in [1.54, 1.807) is 12.1 Å².